The second-order valence-corrected chi connectivity index (χ2v) is 8.48. The average Bonchev–Trinajstić information content (AvgIpc) is 3.15. The monoisotopic (exact) mass is 384 g/mol. The zero-order chi connectivity index (χ0) is 19.8. The first-order valence-electron chi connectivity index (χ1n) is 10.3. The number of likely N-dealkylation sites (tertiary alicyclic amines) is 1. The van der Waals surface area contributed by atoms with E-state index >= 15 is 0 Å². The summed E-state index contributed by atoms with van der Waals surface area (Å²) in [5, 5.41) is 0. The van der Waals surface area contributed by atoms with Gasteiger partial charge in [0.1, 0.15) is 5.75 Å². The summed E-state index contributed by atoms with van der Waals surface area (Å²) < 4.78 is 5.73. The number of carbonyl (C=O) groups is 3. The highest BCUT2D eigenvalue weighted by Gasteiger charge is 2.47. The predicted molar refractivity (Wildman–Crippen MR) is 104 cm³/mol. The molecule has 3 aliphatic heterocycles. The zero-order valence-electron chi connectivity index (χ0n) is 16.6. The van der Waals surface area contributed by atoms with Gasteiger partial charge in [-0.1, -0.05) is 26.0 Å². The lowest BCUT2D eigenvalue weighted by molar-refractivity contribution is -0.145. The van der Waals surface area contributed by atoms with Crippen molar-refractivity contribution in [1.29, 1.82) is 0 Å². The Bertz CT molecular complexity index is 743. The molecule has 2 bridgehead atoms. The van der Waals surface area contributed by atoms with Gasteiger partial charge in [0.25, 0.3) is 5.91 Å². The molecule has 3 aliphatic rings. The fraction of sp³-hybridized carbons (Fsp3) is 0.591. The van der Waals surface area contributed by atoms with E-state index in [9.17, 15) is 14.4 Å². The molecule has 0 saturated carbocycles. The first-order valence-corrected chi connectivity index (χ1v) is 10.3. The van der Waals surface area contributed by atoms with Crippen LogP contribution in [0.1, 0.15) is 63.9 Å². The fourth-order valence-electron chi connectivity index (χ4n) is 4.94. The van der Waals surface area contributed by atoms with Crippen LogP contribution in [0.2, 0.25) is 0 Å². The molecule has 3 saturated heterocycles. The first-order chi connectivity index (χ1) is 13.4. The number of benzene rings is 1. The van der Waals surface area contributed by atoms with Crippen LogP contribution in [-0.4, -0.2) is 52.3 Å². The van der Waals surface area contributed by atoms with Crippen molar-refractivity contribution in [2.45, 2.75) is 76.4 Å². The third-order valence-electron chi connectivity index (χ3n) is 6.36. The number of hydrogen-bond acceptors (Lipinski definition) is 4. The van der Waals surface area contributed by atoms with Gasteiger partial charge in [0.05, 0.1) is 0 Å². The number of rotatable bonds is 5. The standard InChI is InChI=1S/C22H28N2O4/c1-14(2)15-3-7-19(8-4-15)28-13-22(27)23-16-5-6-17(23)12-18(11-16)24-20(25)9-10-21(24)26/h3-4,7-8,14,16-18H,5-6,9-13H2,1-2H3. The van der Waals surface area contributed by atoms with Crippen LogP contribution in [0.15, 0.2) is 24.3 Å². The largest absolute Gasteiger partial charge is 0.484 e. The fourth-order valence-corrected chi connectivity index (χ4v) is 4.94. The number of imide groups is 1. The Balaban J connectivity index is 1.36. The lowest BCUT2D eigenvalue weighted by Gasteiger charge is -2.41. The van der Waals surface area contributed by atoms with Crippen LogP contribution in [0.5, 0.6) is 5.75 Å². The molecular formula is C22H28N2O4. The molecule has 2 atom stereocenters. The summed E-state index contributed by atoms with van der Waals surface area (Å²) in [7, 11) is 0. The van der Waals surface area contributed by atoms with Crippen molar-refractivity contribution in [2.75, 3.05) is 6.61 Å². The summed E-state index contributed by atoms with van der Waals surface area (Å²) in [5.74, 6) is 1.05. The third kappa shape index (κ3) is 3.52. The molecule has 0 aromatic heterocycles. The predicted octanol–water partition coefficient (Wildman–Crippen LogP) is 2.86. The molecule has 0 spiro atoms. The molecular weight excluding hydrogens is 356 g/mol. The van der Waals surface area contributed by atoms with E-state index in [1.807, 2.05) is 29.2 Å². The van der Waals surface area contributed by atoms with Crippen molar-refractivity contribution in [3.8, 4) is 5.75 Å². The van der Waals surface area contributed by atoms with Gasteiger partial charge in [-0.2, -0.15) is 0 Å². The van der Waals surface area contributed by atoms with Crippen LogP contribution < -0.4 is 4.74 Å². The molecule has 0 N–H and O–H groups in total. The first kappa shape index (κ1) is 19.0. The van der Waals surface area contributed by atoms with E-state index in [0.717, 1.165) is 12.8 Å². The van der Waals surface area contributed by atoms with Gasteiger partial charge in [-0.05, 0) is 49.3 Å². The second-order valence-electron chi connectivity index (χ2n) is 8.48. The Morgan fingerprint density at radius 1 is 1.00 bits per heavy atom. The average molecular weight is 384 g/mol. The number of ether oxygens (including phenoxy) is 1. The maximum atomic E-state index is 12.8. The van der Waals surface area contributed by atoms with E-state index in [1.165, 1.54) is 10.5 Å². The lowest BCUT2D eigenvalue weighted by atomic mass is 9.96. The van der Waals surface area contributed by atoms with Crippen LogP contribution in [0.25, 0.3) is 0 Å². The van der Waals surface area contributed by atoms with E-state index in [4.69, 9.17) is 4.74 Å². The van der Waals surface area contributed by atoms with Crippen LogP contribution in [0, 0.1) is 0 Å². The molecule has 150 valence electrons. The molecule has 6 nitrogen and oxygen atoms in total. The minimum absolute atomic E-state index is 0.00189. The van der Waals surface area contributed by atoms with Crippen molar-refractivity contribution in [3.05, 3.63) is 29.8 Å². The minimum atomic E-state index is -0.0534. The summed E-state index contributed by atoms with van der Waals surface area (Å²) in [6.07, 6.45) is 3.93. The number of carbonyl (C=O) groups excluding carboxylic acids is 3. The van der Waals surface area contributed by atoms with Crippen molar-refractivity contribution in [1.82, 2.24) is 9.80 Å². The van der Waals surface area contributed by atoms with Gasteiger partial charge < -0.3 is 9.64 Å². The Morgan fingerprint density at radius 2 is 1.57 bits per heavy atom. The number of amides is 3. The van der Waals surface area contributed by atoms with Crippen molar-refractivity contribution in [2.24, 2.45) is 0 Å². The topological polar surface area (TPSA) is 66.9 Å². The van der Waals surface area contributed by atoms with Crippen LogP contribution in [0.3, 0.4) is 0 Å². The van der Waals surface area contributed by atoms with Gasteiger partial charge in [-0.3, -0.25) is 19.3 Å². The highest BCUT2D eigenvalue weighted by atomic mass is 16.5. The van der Waals surface area contributed by atoms with Gasteiger partial charge in [0.2, 0.25) is 11.8 Å². The van der Waals surface area contributed by atoms with Gasteiger partial charge in [0.15, 0.2) is 6.61 Å². The summed E-state index contributed by atoms with van der Waals surface area (Å²) in [6, 6.07) is 8.04. The van der Waals surface area contributed by atoms with E-state index in [-0.39, 0.29) is 42.5 Å². The lowest BCUT2D eigenvalue weighted by Crippen LogP contribution is -2.54. The normalized spacial score (nSPS) is 27.0. The molecule has 0 aliphatic carbocycles. The molecule has 4 rings (SSSR count). The molecule has 3 fully saturated rings. The van der Waals surface area contributed by atoms with Gasteiger partial charge in [-0.25, -0.2) is 0 Å². The van der Waals surface area contributed by atoms with E-state index in [1.54, 1.807) is 0 Å². The molecule has 2 unspecified atom stereocenters. The highest BCUT2D eigenvalue weighted by Crippen LogP contribution is 2.39. The molecule has 0 radical (unpaired) electrons. The minimum Gasteiger partial charge on any atom is -0.484 e. The SMILES string of the molecule is CC(C)c1ccc(OCC(=O)N2C3CCC2CC(N2C(=O)CCC2=O)C3)cc1. The second kappa shape index (κ2) is 7.57. The summed E-state index contributed by atoms with van der Waals surface area (Å²) in [6.45, 7) is 4.31. The van der Waals surface area contributed by atoms with Crippen LogP contribution in [-0.2, 0) is 14.4 Å². The van der Waals surface area contributed by atoms with E-state index in [2.05, 4.69) is 13.8 Å². The number of fused-ring (bicyclic) bond motifs is 2. The maximum Gasteiger partial charge on any atom is 0.261 e. The molecule has 3 amide bonds. The Hall–Kier alpha value is -2.37. The Kier molecular flexibility index (Phi) is 5.13. The van der Waals surface area contributed by atoms with Crippen LogP contribution >= 0.6 is 0 Å². The number of piperidine rings is 1. The smallest absolute Gasteiger partial charge is 0.261 e. The van der Waals surface area contributed by atoms with Crippen molar-refractivity contribution in [3.63, 3.8) is 0 Å². The number of hydrogen-bond donors (Lipinski definition) is 0. The van der Waals surface area contributed by atoms with E-state index in [0.29, 0.717) is 37.4 Å². The molecule has 1 aromatic carbocycles. The van der Waals surface area contributed by atoms with E-state index < -0.39 is 0 Å². The Morgan fingerprint density at radius 3 is 2.11 bits per heavy atom. The van der Waals surface area contributed by atoms with Gasteiger partial charge in [0, 0.05) is 31.0 Å². The molecule has 6 heteroatoms. The number of nitrogens with zero attached hydrogens (tertiary/aromatic N) is 2. The molecule has 3 heterocycles. The highest BCUT2D eigenvalue weighted by molar-refractivity contribution is 6.02. The quantitative estimate of drug-likeness (QED) is 0.732. The third-order valence-corrected chi connectivity index (χ3v) is 6.36. The summed E-state index contributed by atoms with van der Waals surface area (Å²) in [4.78, 5) is 40.4. The zero-order valence-corrected chi connectivity index (χ0v) is 16.6. The molecule has 1 aromatic rings. The van der Waals surface area contributed by atoms with Crippen LogP contribution in [0.4, 0.5) is 0 Å². The van der Waals surface area contributed by atoms with Crippen molar-refractivity contribution < 1.29 is 19.1 Å². The van der Waals surface area contributed by atoms with Gasteiger partial charge >= 0.3 is 0 Å². The Labute approximate surface area is 165 Å². The van der Waals surface area contributed by atoms with Gasteiger partial charge in [-0.15, -0.1) is 0 Å². The maximum absolute atomic E-state index is 12.8. The summed E-state index contributed by atoms with van der Waals surface area (Å²) in [5.41, 5.74) is 1.24. The van der Waals surface area contributed by atoms with Crippen molar-refractivity contribution >= 4 is 17.7 Å². The summed E-state index contributed by atoms with van der Waals surface area (Å²) >= 11 is 0. The molecule has 28 heavy (non-hydrogen) atoms.